The Balaban J connectivity index is 2.50. The SMILES string of the molecule is COC(OC[C@H](O)[C@@H](O)[C@H](O)CO)c1ccccc1. The quantitative estimate of drug-likeness (QED) is 0.473. The number of benzene rings is 1. The zero-order chi connectivity index (χ0) is 14.3. The average Bonchev–Trinajstić information content (AvgIpc) is 2.47. The summed E-state index contributed by atoms with van der Waals surface area (Å²) in [5.41, 5.74) is 0.773. The van der Waals surface area contributed by atoms with E-state index in [9.17, 15) is 15.3 Å². The highest BCUT2D eigenvalue weighted by Crippen LogP contribution is 2.18. The Labute approximate surface area is 111 Å². The molecule has 6 nitrogen and oxygen atoms in total. The summed E-state index contributed by atoms with van der Waals surface area (Å²) in [5, 5.41) is 36.9. The minimum atomic E-state index is -1.47. The largest absolute Gasteiger partial charge is 0.394 e. The molecule has 0 aliphatic heterocycles. The van der Waals surface area contributed by atoms with Gasteiger partial charge in [-0.2, -0.15) is 0 Å². The highest BCUT2D eigenvalue weighted by Gasteiger charge is 2.25. The van der Waals surface area contributed by atoms with Gasteiger partial charge < -0.3 is 29.9 Å². The standard InChI is InChI=1S/C13H20O6/c1-18-13(9-5-3-2-4-6-9)19-8-11(16)12(17)10(15)7-14/h2-6,10-17H,7-8H2,1H3/t10-,11+,12+,13?/m1/s1. The van der Waals surface area contributed by atoms with E-state index in [4.69, 9.17) is 14.6 Å². The second-order valence-electron chi connectivity index (χ2n) is 4.12. The molecule has 0 amide bonds. The highest BCUT2D eigenvalue weighted by atomic mass is 16.7. The molecule has 0 spiro atoms. The van der Waals surface area contributed by atoms with Crippen molar-refractivity contribution in [3.8, 4) is 0 Å². The molecule has 108 valence electrons. The molecule has 4 atom stereocenters. The van der Waals surface area contributed by atoms with Gasteiger partial charge in [0.05, 0.1) is 13.2 Å². The van der Waals surface area contributed by atoms with Gasteiger partial charge in [0.15, 0.2) is 6.29 Å². The first kappa shape index (κ1) is 16.0. The third-order valence-electron chi connectivity index (χ3n) is 2.68. The fraction of sp³-hybridized carbons (Fsp3) is 0.538. The van der Waals surface area contributed by atoms with Crippen LogP contribution in [0.3, 0.4) is 0 Å². The molecule has 0 aliphatic carbocycles. The number of hydrogen-bond donors (Lipinski definition) is 4. The van der Waals surface area contributed by atoms with Crippen LogP contribution in [0.4, 0.5) is 0 Å². The topological polar surface area (TPSA) is 99.4 Å². The molecule has 0 saturated heterocycles. The van der Waals surface area contributed by atoms with Crippen molar-refractivity contribution < 1.29 is 29.9 Å². The normalized spacial score (nSPS) is 17.7. The Kier molecular flexibility index (Phi) is 6.93. The number of rotatable bonds is 8. The van der Waals surface area contributed by atoms with Crippen molar-refractivity contribution >= 4 is 0 Å². The summed E-state index contributed by atoms with van der Waals surface area (Å²) >= 11 is 0. The van der Waals surface area contributed by atoms with Crippen LogP contribution >= 0.6 is 0 Å². The fourth-order valence-corrected chi connectivity index (χ4v) is 1.56. The first-order valence-corrected chi connectivity index (χ1v) is 5.94. The van der Waals surface area contributed by atoms with E-state index < -0.39 is 31.2 Å². The first-order chi connectivity index (χ1) is 9.10. The Morgan fingerprint density at radius 3 is 2.21 bits per heavy atom. The summed E-state index contributed by atoms with van der Waals surface area (Å²) < 4.78 is 10.5. The summed E-state index contributed by atoms with van der Waals surface area (Å²) in [7, 11) is 1.46. The van der Waals surface area contributed by atoms with Crippen LogP contribution in [0.1, 0.15) is 11.9 Å². The van der Waals surface area contributed by atoms with Gasteiger partial charge in [-0.15, -0.1) is 0 Å². The number of hydrogen-bond acceptors (Lipinski definition) is 6. The highest BCUT2D eigenvalue weighted by molar-refractivity contribution is 5.15. The molecule has 1 aromatic carbocycles. The number of aliphatic hydroxyl groups is 4. The van der Waals surface area contributed by atoms with Crippen LogP contribution in [0.5, 0.6) is 0 Å². The maximum absolute atomic E-state index is 9.61. The lowest BCUT2D eigenvalue weighted by molar-refractivity contribution is -0.168. The van der Waals surface area contributed by atoms with Crippen molar-refractivity contribution in [1.82, 2.24) is 0 Å². The van der Waals surface area contributed by atoms with Crippen LogP contribution in [0.15, 0.2) is 30.3 Å². The van der Waals surface area contributed by atoms with E-state index in [0.29, 0.717) is 0 Å². The van der Waals surface area contributed by atoms with Gasteiger partial charge in [-0.05, 0) is 0 Å². The van der Waals surface area contributed by atoms with Crippen LogP contribution in [0.25, 0.3) is 0 Å². The molecule has 0 aromatic heterocycles. The molecule has 0 fully saturated rings. The fourth-order valence-electron chi connectivity index (χ4n) is 1.56. The summed E-state index contributed by atoms with van der Waals surface area (Å²) in [4.78, 5) is 0. The van der Waals surface area contributed by atoms with Gasteiger partial charge in [0.25, 0.3) is 0 Å². The lowest BCUT2D eigenvalue weighted by Gasteiger charge is -2.24. The summed E-state index contributed by atoms with van der Waals surface area (Å²) in [6, 6.07) is 9.11. The molecular formula is C13H20O6. The predicted octanol–water partition coefficient (Wildman–Crippen LogP) is -0.577. The number of methoxy groups -OCH3 is 1. The first-order valence-electron chi connectivity index (χ1n) is 5.94. The Morgan fingerprint density at radius 2 is 1.68 bits per heavy atom. The maximum atomic E-state index is 9.61. The Bertz CT molecular complexity index is 344. The van der Waals surface area contributed by atoms with Crippen molar-refractivity contribution in [2.24, 2.45) is 0 Å². The molecule has 4 N–H and O–H groups in total. The smallest absolute Gasteiger partial charge is 0.183 e. The van der Waals surface area contributed by atoms with Gasteiger partial charge in [0.1, 0.15) is 18.3 Å². The number of ether oxygens (including phenoxy) is 2. The molecule has 0 radical (unpaired) electrons. The predicted molar refractivity (Wildman–Crippen MR) is 67.3 cm³/mol. The van der Waals surface area contributed by atoms with Crippen LogP contribution in [0, 0.1) is 0 Å². The molecule has 0 heterocycles. The van der Waals surface area contributed by atoms with Crippen LogP contribution in [0.2, 0.25) is 0 Å². The van der Waals surface area contributed by atoms with Gasteiger partial charge >= 0.3 is 0 Å². The zero-order valence-electron chi connectivity index (χ0n) is 10.7. The maximum Gasteiger partial charge on any atom is 0.183 e. The molecule has 0 bridgehead atoms. The van der Waals surface area contributed by atoms with Gasteiger partial charge in [0.2, 0.25) is 0 Å². The van der Waals surface area contributed by atoms with Crippen molar-refractivity contribution in [3.05, 3.63) is 35.9 Å². The van der Waals surface area contributed by atoms with Crippen molar-refractivity contribution in [3.63, 3.8) is 0 Å². The molecule has 0 aliphatic rings. The third kappa shape index (κ3) is 4.87. The van der Waals surface area contributed by atoms with Crippen LogP contribution in [-0.2, 0) is 9.47 Å². The molecular weight excluding hydrogens is 252 g/mol. The van der Waals surface area contributed by atoms with E-state index in [0.717, 1.165) is 5.56 Å². The molecule has 1 rings (SSSR count). The van der Waals surface area contributed by atoms with E-state index in [1.165, 1.54) is 7.11 Å². The van der Waals surface area contributed by atoms with E-state index in [1.807, 2.05) is 18.2 Å². The summed E-state index contributed by atoms with van der Waals surface area (Å²) in [6.45, 7) is -0.865. The van der Waals surface area contributed by atoms with E-state index in [1.54, 1.807) is 12.1 Å². The second-order valence-corrected chi connectivity index (χ2v) is 4.12. The molecule has 1 unspecified atom stereocenters. The zero-order valence-corrected chi connectivity index (χ0v) is 10.7. The molecule has 19 heavy (non-hydrogen) atoms. The van der Waals surface area contributed by atoms with E-state index in [2.05, 4.69) is 0 Å². The lowest BCUT2D eigenvalue weighted by Crippen LogP contribution is -2.42. The van der Waals surface area contributed by atoms with E-state index in [-0.39, 0.29) is 6.61 Å². The second kappa shape index (κ2) is 8.21. The van der Waals surface area contributed by atoms with Gasteiger partial charge in [-0.1, -0.05) is 30.3 Å². The van der Waals surface area contributed by atoms with Gasteiger partial charge in [0, 0.05) is 12.7 Å². The van der Waals surface area contributed by atoms with E-state index >= 15 is 0 Å². The van der Waals surface area contributed by atoms with Crippen molar-refractivity contribution in [2.75, 3.05) is 20.3 Å². The monoisotopic (exact) mass is 272 g/mol. The Morgan fingerprint density at radius 1 is 1.05 bits per heavy atom. The van der Waals surface area contributed by atoms with Crippen molar-refractivity contribution in [1.29, 1.82) is 0 Å². The minimum absolute atomic E-state index is 0.231. The minimum Gasteiger partial charge on any atom is -0.394 e. The molecule has 6 heteroatoms. The van der Waals surface area contributed by atoms with Gasteiger partial charge in [-0.25, -0.2) is 0 Å². The molecule has 1 aromatic rings. The average molecular weight is 272 g/mol. The number of aliphatic hydroxyl groups excluding tert-OH is 4. The molecule has 0 saturated carbocycles. The Hall–Kier alpha value is -1.02. The summed E-state index contributed by atoms with van der Waals surface area (Å²) in [6.07, 6.45) is -4.87. The summed E-state index contributed by atoms with van der Waals surface area (Å²) in [5.74, 6) is 0. The van der Waals surface area contributed by atoms with Crippen LogP contribution in [-0.4, -0.2) is 59.1 Å². The third-order valence-corrected chi connectivity index (χ3v) is 2.68. The van der Waals surface area contributed by atoms with Crippen LogP contribution < -0.4 is 0 Å². The lowest BCUT2D eigenvalue weighted by atomic mass is 10.1. The van der Waals surface area contributed by atoms with Gasteiger partial charge in [-0.3, -0.25) is 0 Å². The van der Waals surface area contributed by atoms with Crippen molar-refractivity contribution in [2.45, 2.75) is 24.6 Å².